The maximum atomic E-state index is 12.9. The van der Waals surface area contributed by atoms with Gasteiger partial charge in [-0.1, -0.05) is 0 Å². The smallest absolute Gasteiger partial charge is 0.278 e. The van der Waals surface area contributed by atoms with Crippen molar-refractivity contribution in [2.24, 2.45) is 11.7 Å². The van der Waals surface area contributed by atoms with E-state index in [1.165, 1.54) is 0 Å². The lowest BCUT2D eigenvalue weighted by atomic mass is 9.81. The van der Waals surface area contributed by atoms with Crippen molar-refractivity contribution in [1.29, 1.82) is 0 Å². The van der Waals surface area contributed by atoms with Gasteiger partial charge in [0.1, 0.15) is 11.7 Å². The van der Waals surface area contributed by atoms with Gasteiger partial charge in [0.15, 0.2) is 5.79 Å². The van der Waals surface area contributed by atoms with E-state index in [2.05, 4.69) is 10.6 Å². The Morgan fingerprint density at radius 2 is 1.92 bits per heavy atom. The molecule has 4 heterocycles. The molecular weight excluding hydrogens is 346 g/mol. The number of piperazine rings is 1. The monoisotopic (exact) mass is 373 g/mol. The standard InChI is InChI=1S/C16H27N3O7/c1-13(2)25-8-14(3,26-13)10(20)16-12(22)18-15(23,11(21)19-16)9(4-6-17)5-7-24-16/h9-10,20,23H,4-8,17H2,1-3H3,(H,18,22)(H,19,21)/t9-,10-,14+,15-,16+/m1/s1. The number of amides is 2. The molecule has 148 valence electrons. The maximum absolute atomic E-state index is 12.9. The van der Waals surface area contributed by atoms with Crippen LogP contribution in [0.4, 0.5) is 0 Å². The fraction of sp³-hybridized carbons (Fsp3) is 0.875. The van der Waals surface area contributed by atoms with Crippen LogP contribution >= 0.6 is 0 Å². The van der Waals surface area contributed by atoms with Crippen molar-refractivity contribution in [2.75, 3.05) is 19.8 Å². The van der Waals surface area contributed by atoms with Crippen molar-refractivity contribution in [3.8, 4) is 0 Å². The Morgan fingerprint density at radius 1 is 1.23 bits per heavy atom. The minimum absolute atomic E-state index is 0.00447. The zero-order chi connectivity index (χ0) is 19.4. The molecule has 4 aliphatic heterocycles. The fourth-order valence-corrected chi connectivity index (χ4v) is 3.93. The van der Waals surface area contributed by atoms with Crippen molar-refractivity contribution < 1.29 is 34.0 Å². The highest BCUT2D eigenvalue weighted by Crippen LogP contribution is 2.40. The number of fused-ring (bicyclic) bond motifs is 5. The highest BCUT2D eigenvalue weighted by molar-refractivity contribution is 6.01. The summed E-state index contributed by atoms with van der Waals surface area (Å²) in [6, 6.07) is 0. The largest absolute Gasteiger partial charge is 0.384 e. The molecule has 4 rings (SSSR count). The molecule has 10 nitrogen and oxygen atoms in total. The molecule has 0 aromatic rings. The fourth-order valence-electron chi connectivity index (χ4n) is 3.93. The SMILES string of the molecule is CC1(C)OC[C@@](C)([C@@H](O)[C@@]23NC(=O)[C@@](O)(NC2=O)[C@H](CCN)CCO3)O1. The predicted octanol–water partition coefficient (Wildman–Crippen LogP) is -2.09. The summed E-state index contributed by atoms with van der Waals surface area (Å²) in [6.45, 7) is 5.20. The Morgan fingerprint density at radius 3 is 2.50 bits per heavy atom. The molecule has 0 radical (unpaired) electrons. The first-order valence-electron chi connectivity index (χ1n) is 8.73. The number of nitrogens with two attached hydrogens (primary N) is 1. The van der Waals surface area contributed by atoms with Gasteiger partial charge in [-0.25, -0.2) is 0 Å². The molecule has 26 heavy (non-hydrogen) atoms. The molecule has 5 atom stereocenters. The molecular formula is C16H27N3O7. The van der Waals surface area contributed by atoms with Crippen LogP contribution in [0.5, 0.6) is 0 Å². The average Bonchev–Trinajstić information content (AvgIpc) is 2.84. The summed E-state index contributed by atoms with van der Waals surface area (Å²) in [6.07, 6.45) is -0.960. The van der Waals surface area contributed by atoms with Crippen LogP contribution in [0.1, 0.15) is 33.6 Å². The molecule has 0 spiro atoms. The number of ether oxygens (including phenoxy) is 3. The average molecular weight is 373 g/mol. The third-order valence-corrected chi connectivity index (χ3v) is 5.34. The van der Waals surface area contributed by atoms with Gasteiger partial charge in [0.25, 0.3) is 17.5 Å². The van der Waals surface area contributed by atoms with Gasteiger partial charge < -0.3 is 40.8 Å². The molecule has 0 aromatic carbocycles. The van der Waals surface area contributed by atoms with Crippen molar-refractivity contribution in [3.63, 3.8) is 0 Å². The first kappa shape index (κ1) is 19.5. The second-order valence-corrected chi connectivity index (χ2v) is 7.83. The normalized spacial score (nSPS) is 43.4. The summed E-state index contributed by atoms with van der Waals surface area (Å²) in [7, 11) is 0. The van der Waals surface area contributed by atoms with Gasteiger partial charge in [-0.2, -0.15) is 0 Å². The number of hydrogen-bond acceptors (Lipinski definition) is 8. The van der Waals surface area contributed by atoms with Crippen LogP contribution in [0.2, 0.25) is 0 Å². The van der Waals surface area contributed by atoms with Crippen LogP contribution in [0.15, 0.2) is 0 Å². The Hall–Kier alpha value is -1.30. The number of carbonyl (C=O) groups is 2. The van der Waals surface area contributed by atoms with E-state index in [1.807, 2.05) is 0 Å². The zero-order valence-corrected chi connectivity index (χ0v) is 15.2. The molecule has 0 aliphatic carbocycles. The lowest BCUT2D eigenvalue weighted by Gasteiger charge is -2.51. The summed E-state index contributed by atoms with van der Waals surface area (Å²) in [5, 5.41) is 26.5. The van der Waals surface area contributed by atoms with Gasteiger partial charge in [-0.3, -0.25) is 9.59 Å². The molecule has 0 aromatic heterocycles. The third-order valence-electron chi connectivity index (χ3n) is 5.34. The summed E-state index contributed by atoms with van der Waals surface area (Å²) < 4.78 is 17.0. The summed E-state index contributed by atoms with van der Waals surface area (Å²) in [4.78, 5) is 25.5. The van der Waals surface area contributed by atoms with Gasteiger partial charge in [0.05, 0.1) is 13.2 Å². The number of hydrogen-bond donors (Lipinski definition) is 5. The van der Waals surface area contributed by atoms with Crippen molar-refractivity contribution in [1.82, 2.24) is 10.6 Å². The zero-order valence-electron chi connectivity index (χ0n) is 15.2. The highest BCUT2D eigenvalue weighted by Gasteiger charge is 2.66. The molecule has 6 N–H and O–H groups in total. The summed E-state index contributed by atoms with van der Waals surface area (Å²) in [5.41, 5.74) is 0.0567. The first-order valence-corrected chi connectivity index (χ1v) is 8.73. The van der Waals surface area contributed by atoms with E-state index >= 15 is 0 Å². The minimum atomic E-state index is -2.10. The Bertz CT molecular complexity index is 615. The maximum Gasteiger partial charge on any atom is 0.278 e. The second-order valence-electron chi connectivity index (χ2n) is 7.83. The minimum Gasteiger partial charge on any atom is -0.384 e. The van der Waals surface area contributed by atoms with E-state index < -0.39 is 46.7 Å². The summed E-state index contributed by atoms with van der Waals surface area (Å²) >= 11 is 0. The van der Waals surface area contributed by atoms with E-state index in [1.54, 1.807) is 20.8 Å². The van der Waals surface area contributed by atoms with E-state index in [9.17, 15) is 19.8 Å². The second kappa shape index (κ2) is 6.11. The lowest BCUT2D eigenvalue weighted by Crippen LogP contribution is -2.83. The van der Waals surface area contributed by atoms with Gasteiger partial charge in [0, 0.05) is 5.92 Å². The molecule has 2 amide bonds. The van der Waals surface area contributed by atoms with Gasteiger partial charge >= 0.3 is 0 Å². The van der Waals surface area contributed by atoms with Crippen LogP contribution < -0.4 is 16.4 Å². The predicted molar refractivity (Wildman–Crippen MR) is 87.2 cm³/mol. The molecule has 0 unspecified atom stereocenters. The third kappa shape index (κ3) is 2.81. The van der Waals surface area contributed by atoms with Crippen LogP contribution in [0.3, 0.4) is 0 Å². The molecule has 4 fully saturated rings. The number of aliphatic hydroxyl groups excluding tert-OH is 1. The van der Waals surface area contributed by atoms with Gasteiger partial charge in [-0.15, -0.1) is 0 Å². The lowest BCUT2D eigenvalue weighted by molar-refractivity contribution is -0.248. The van der Waals surface area contributed by atoms with Crippen molar-refractivity contribution in [2.45, 2.75) is 62.6 Å². The van der Waals surface area contributed by atoms with Crippen LogP contribution in [-0.2, 0) is 23.8 Å². The number of aliphatic hydroxyl groups is 2. The van der Waals surface area contributed by atoms with E-state index in [0.717, 1.165) is 0 Å². The molecule has 0 saturated carbocycles. The Balaban J connectivity index is 1.94. The van der Waals surface area contributed by atoms with Gasteiger partial charge in [0.2, 0.25) is 5.72 Å². The van der Waals surface area contributed by atoms with Crippen LogP contribution in [0, 0.1) is 5.92 Å². The molecule has 4 saturated heterocycles. The first-order chi connectivity index (χ1) is 12.0. The summed E-state index contributed by atoms with van der Waals surface area (Å²) in [5.74, 6) is -3.26. The van der Waals surface area contributed by atoms with E-state index in [-0.39, 0.29) is 26.2 Å². The quantitative estimate of drug-likeness (QED) is 0.376. The van der Waals surface area contributed by atoms with E-state index in [0.29, 0.717) is 6.42 Å². The topological polar surface area (TPSA) is 152 Å². The molecule has 4 aliphatic rings. The highest BCUT2D eigenvalue weighted by atomic mass is 16.8. The Labute approximate surface area is 151 Å². The number of carbonyl (C=O) groups excluding carboxylic acids is 2. The number of rotatable bonds is 4. The number of nitrogens with one attached hydrogen (secondary N) is 2. The van der Waals surface area contributed by atoms with Crippen molar-refractivity contribution in [3.05, 3.63) is 0 Å². The molecule has 2 bridgehead atoms. The van der Waals surface area contributed by atoms with Crippen LogP contribution in [0.25, 0.3) is 0 Å². The Kier molecular flexibility index (Phi) is 4.57. The van der Waals surface area contributed by atoms with Crippen molar-refractivity contribution >= 4 is 11.8 Å². The van der Waals surface area contributed by atoms with Gasteiger partial charge in [-0.05, 0) is 40.2 Å². The molecule has 10 heteroatoms. The van der Waals surface area contributed by atoms with Crippen LogP contribution in [-0.4, -0.2) is 70.7 Å². The van der Waals surface area contributed by atoms with E-state index in [4.69, 9.17) is 19.9 Å².